The molecule has 0 radical (unpaired) electrons. The highest BCUT2D eigenvalue weighted by Crippen LogP contribution is 2.30. The number of hydrogen-bond acceptors (Lipinski definition) is 2. The van der Waals surface area contributed by atoms with Crippen molar-refractivity contribution in [1.29, 1.82) is 0 Å². The molecule has 0 rings (SSSR count). The average Bonchev–Trinajstić information content (AvgIpc) is 2.07. The predicted octanol–water partition coefficient (Wildman–Crippen LogP) is 3.41. The van der Waals surface area contributed by atoms with E-state index in [2.05, 4.69) is 12.2 Å². The molecule has 0 aromatic carbocycles. The molecule has 86 valence electrons. The van der Waals surface area contributed by atoms with E-state index in [0.717, 1.165) is 19.4 Å². The van der Waals surface area contributed by atoms with Gasteiger partial charge in [-0.05, 0) is 32.7 Å². The first-order valence-corrected chi connectivity index (χ1v) is 5.88. The summed E-state index contributed by atoms with van der Waals surface area (Å²) in [6.07, 6.45) is 2.48. The lowest BCUT2D eigenvalue weighted by Crippen LogP contribution is -2.26. The fourth-order valence-corrected chi connectivity index (χ4v) is 1.61. The summed E-state index contributed by atoms with van der Waals surface area (Å²) < 4.78 is 35.2. The van der Waals surface area contributed by atoms with Gasteiger partial charge in [-0.15, -0.1) is 0 Å². The van der Waals surface area contributed by atoms with Crippen molar-refractivity contribution in [2.45, 2.75) is 44.7 Å². The third kappa shape index (κ3) is 10.2. The van der Waals surface area contributed by atoms with Crippen LogP contribution in [0, 0.1) is 0 Å². The summed E-state index contributed by atoms with van der Waals surface area (Å²) in [6.45, 7) is 5.01. The van der Waals surface area contributed by atoms with E-state index in [1.807, 2.05) is 6.92 Å². The number of thioether (sulfide) groups is 1. The quantitative estimate of drug-likeness (QED) is 0.671. The number of rotatable bonds is 7. The van der Waals surface area contributed by atoms with E-state index >= 15 is 0 Å². The van der Waals surface area contributed by atoms with Gasteiger partial charge in [-0.2, -0.15) is 13.2 Å². The minimum absolute atomic E-state index is 0.0716. The van der Waals surface area contributed by atoms with Crippen LogP contribution in [0.4, 0.5) is 13.2 Å². The van der Waals surface area contributed by atoms with Crippen molar-refractivity contribution in [3.8, 4) is 0 Å². The van der Waals surface area contributed by atoms with Gasteiger partial charge in [-0.3, -0.25) is 0 Å². The van der Waals surface area contributed by atoms with E-state index in [1.165, 1.54) is 0 Å². The molecule has 1 nitrogen and oxygen atoms in total. The van der Waals surface area contributed by atoms with Gasteiger partial charge in [0.1, 0.15) is 0 Å². The fraction of sp³-hybridized carbons (Fsp3) is 1.00. The lowest BCUT2D eigenvalue weighted by Gasteiger charge is -2.12. The zero-order valence-electron chi connectivity index (χ0n) is 8.66. The molecule has 14 heavy (non-hydrogen) atoms. The first-order valence-electron chi connectivity index (χ1n) is 4.89. The lowest BCUT2D eigenvalue weighted by molar-refractivity contribution is -0.0328. The van der Waals surface area contributed by atoms with Crippen LogP contribution >= 0.6 is 11.8 Å². The second-order valence-corrected chi connectivity index (χ2v) is 4.45. The fourth-order valence-electron chi connectivity index (χ4n) is 1.07. The molecule has 0 saturated carbocycles. The molecule has 0 aromatic rings. The Bertz CT molecular complexity index is 139. The Morgan fingerprint density at radius 2 is 2.00 bits per heavy atom. The molecule has 0 saturated heterocycles. The van der Waals surface area contributed by atoms with Crippen molar-refractivity contribution < 1.29 is 13.2 Å². The van der Waals surface area contributed by atoms with Gasteiger partial charge in [0.25, 0.3) is 0 Å². The Morgan fingerprint density at radius 3 is 2.50 bits per heavy atom. The van der Waals surface area contributed by atoms with Crippen LogP contribution in [-0.4, -0.2) is 23.8 Å². The first kappa shape index (κ1) is 14.1. The molecule has 0 aromatic heterocycles. The van der Waals surface area contributed by atoms with Crippen LogP contribution in [-0.2, 0) is 0 Å². The molecule has 0 spiro atoms. The SMILES string of the molecule is CCCNC(C)CCCSC(F)(F)F. The predicted molar refractivity (Wildman–Crippen MR) is 55.5 cm³/mol. The molecule has 1 atom stereocenters. The smallest absolute Gasteiger partial charge is 0.314 e. The summed E-state index contributed by atoms with van der Waals surface area (Å²) in [5.74, 6) is 0.168. The highest BCUT2D eigenvalue weighted by molar-refractivity contribution is 8.00. The van der Waals surface area contributed by atoms with Gasteiger partial charge >= 0.3 is 5.51 Å². The number of hydrogen-bond donors (Lipinski definition) is 1. The van der Waals surface area contributed by atoms with Gasteiger partial charge in [0.05, 0.1) is 0 Å². The van der Waals surface area contributed by atoms with E-state index in [4.69, 9.17) is 0 Å². The van der Waals surface area contributed by atoms with Gasteiger partial charge in [0, 0.05) is 11.8 Å². The molecule has 0 aliphatic heterocycles. The van der Waals surface area contributed by atoms with E-state index in [9.17, 15) is 13.2 Å². The van der Waals surface area contributed by atoms with Crippen LogP contribution < -0.4 is 5.32 Å². The third-order valence-electron chi connectivity index (χ3n) is 1.79. The second-order valence-electron chi connectivity index (χ2n) is 3.29. The maximum atomic E-state index is 11.7. The summed E-state index contributed by atoms with van der Waals surface area (Å²) >= 11 is 0.0716. The van der Waals surface area contributed by atoms with Gasteiger partial charge in [-0.25, -0.2) is 0 Å². The molecule has 0 heterocycles. The monoisotopic (exact) mass is 229 g/mol. The third-order valence-corrected chi connectivity index (χ3v) is 2.61. The van der Waals surface area contributed by atoms with E-state index in [1.54, 1.807) is 0 Å². The largest absolute Gasteiger partial charge is 0.441 e. The molecule has 0 fully saturated rings. The zero-order valence-corrected chi connectivity index (χ0v) is 9.47. The molecule has 1 unspecified atom stereocenters. The van der Waals surface area contributed by atoms with Crippen molar-refractivity contribution in [2.24, 2.45) is 0 Å². The lowest BCUT2D eigenvalue weighted by atomic mass is 10.2. The zero-order chi connectivity index (χ0) is 11.0. The molecule has 0 bridgehead atoms. The normalized spacial score (nSPS) is 14.4. The van der Waals surface area contributed by atoms with Gasteiger partial charge in [0.2, 0.25) is 0 Å². The van der Waals surface area contributed by atoms with Gasteiger partial charge < -0.3 is 5.32 Å². The maximum Gasteiger partial charge on any atom is 0.441 e. The van der Waals surface area contributed by atoms with Crippen molar-refractivity contribution >= 4 is 11.8 Å². The van der Waals surface area contributed by atoms with E-state index in [-0.39, 0.29) is 17.5 Å². The molecule has 1 N–H and O–H groups in total. The van der Waals surface area contributed by atoms with Crippen molar-refractivity contribution in [3.05, 3.63) is 0 Å². The van der Waals surface area contributed by atoms with Crippen molar-refractivity contribution in [1.82, 2.24) is 5.32 Å². The standard InChI is InChI=1S/C9H18F3NS/c1-3-6-13-8(2)5-4-7-14-9(10,11)12/h8,13H,3-7H2,1-2H3. The van der Waals surface area contributed by atoms with Crippen LogP contribution in [0.15, 0.2) is 0 Å². The second kappa shape index (κ2) is 7.40. The Hall–Kier alpha value is 0.100. The minimum atomic E-state index is -4.07. The highest BCUT2D eigenvalue weighted by atomic mass is 32.2. The van der Waals surface area contributed by atoms with Gasteiger partial charge in [-0.1, -0.05) is 18.7 Å². The van der Waals surface area contributed by atoms with Crippen LogP contribution in [0.5, 0.6) is 0 Å². The van der Waals surface area contributed by atoms with Crippen LogP contribution in [0.3, 0.4) is 0 Å². The summed E-state index contributed by atoms with van der Waals surface area (Å²) in [4.78, 5) is 0. The van der Waals surface area contributed by atoms with Crippen LogP contribution in [0.1, 0.15) is 33.1 Å². The average molecular weight is 229 g/mol. The molecule has 5 heteroatoms. The summed E-state index contributed by atoms with van der Waals surface area (Å²) in [5.41, 5.74) is -4.07. The molecular formula is C9H18F3NS. The molecule has 0 aliphatic carbocycles. The molecule has 0 aliphatic rings. The van der Waals surface area contributed by atoms with Crippen LogP contribution in [0.25, 0.3) is 0 Å². The maximum absolute atomic E-state index is 11.7. The molecule has 0 amide bonds. The van der Waals surface area contributed by atoms with Crippen molar-refractivity contribution in [3.63, 3.8) is 0 Å². The Labute approximate surface area is 87.8 Å². The number of nitrogens with one attached hydrogen (secondary N) is 1. The van der Waals surface area contributed by atoms with Gasteiger partial charge in [0.15, 0.2) is 0 Å². The minimum Gasteiger partial charge on any atom is -0.314 e. The topological polar surface area (TPSA) is 12.0 Å². The van der Waals surface area contributed by atoms with E-state index in [0.29, 0.717) is 12.5 Å². The number of halogens is 3. The van der Waals surface area contributed by atoms with Crippen LogP contribution in [0.2, 0.25) is 0 Å². The van der Waals surface area contributed by atoms with Crippen molar-refractivity contribution in [2.75, 3.05) is 12.3 Å². The van der Waals surface area contributed by atoms with E-state index < -0.39 is 5.51 Å². The summed E-state index contributed by atoms with van der Waals surface area (Å²) in [7, 11) is 0. The Kier molecular flexibility index (Phi) is 7.45. The number of alkyl halides is 3. The Morgan fingerprint density at radius 1 is 1.36 bits per heavy atom. The highest BCUT2D eigenvalue weighted by Gasteiger charge is 2.27. The molecular weight excluding hydrogens is 211 g/mol. The summed E-state index contributed by atoms with van der Waals surface area (Å²) in [6, 6.07) is 0.323. The Balaban J connectivity index is 3.27. The first-order chi connectivity index (χ1) is 6.45. The summed E-state index contributed by atoms with van der Waals surface area (Å²) in [5, 5.41) is 3.24.